The van der Waals surface area contributed by atoms with Gasteiger partial charge >= 0.3 is 0 Å². The van der Waals surface area contributed by atoms with Gasteiger partial charge in [-0.15, -0.1) is 17.5 Å². The van der Waals surface area contributed by atoms with Gasteiger partial charge in [0.1, 0.15) is 0 Å². The van der Waals surface area contributed by atoms with Gasteiger partial charge in [0, 0.05) is 0 Å². The zero-order chi connectivity index (χ0) is 12.3. The molecule has 1 aromatic rings. The van der Waals surface area contributed by atoms with E-state index in [1.165, 1.54) is 35.5 Å². The fourth-order valence-electron chi connectivity index (χ4n) is 1.43. The number of rotatable bonds is 7. The minimum atomic E-state index is 1.12. The van der Waals surface area contributed by atoms with Crippen LogP contribution in [0.5, 0.6) is 0 Å². The van der Waals surface area contributed by atoms with E-state index in [9.17, 15) is 0 Å². The summed E-state index contributed by atoms with van der Waals surface area (Å²) in [4.78, 5) is 1.28. The van der Waals surface area contributed by atoms with Gasteiger partial charge in [-0.05, 0) is 30.2 Å². The van der Waals surface area contributed by atoms with Crippen molar-refractivity contribution in [2.45, 2.75) is 39.5 Å². The monoisotopic (exact) mass is 246 g/mol. The maximum atomic E-state index is 3.45. The fourth-order valence-corrected chi connectivity index (χ4v) is 2.53. The molecule has 1 heteroatoms. The fraction of sp³-hybridized carbons (Fsp3) is 0.438. The van der Waals surface area contributed by atoms with E-state index < -0.39 is 0 Å². The molecule has 0 bridgehead atoms. The van der Waals surface area contributed by atoms with Crippen LogP contribution in [0.15, 0.2) is 42.1 Å². The van der Waals surface area contributed by atoms with Crippen LogP contribution in [0.25, 0.3) is 4.91 Å². The summed E-state index contributed by atoms with van der Waals surface area (Å²) in [5.41, 5.74) is 4.74. The summed E-state index contributed by atoms with van der Waals surface area (Å²) in [7, 11) is 0. The first-order valence-corrected chi connectivity index (χ1v) is 7.50. The molecule has 0 saturated carbocycles. The molecule has 0 radical (unpaired) electrons. The van der Waals surface area contributed by atoms with Crippen molar-refractivity contribution < 1.29 is 0 Å². The summed E-state index contributed by atoms with van der Waals surface area (Å²) < 4.78 is 0. The van der Waals surface area contributed by atoms with Crippen molar-refractivity contribution in [2.75, 3.05) is 5.75 Å². The van der Waals surface area contributed by atoms with E-state index in [4.69, 9.17) is 0 Å². The van der Waals surface area contributed by atoms with Crippen LogP contribution in [-0.2, 0) is 0 Å². The molecule has 17 heavy (non-hydrogen) atoms. The van der Waals surface area contributed by atoms with Gasteiger partial charge in [-0.3, -0.25) is 0 Å². The Balaban J connectivity index is 2.76. The number of thioether (sulfide) groups is 1. The molecule has 0 atom stereocenters. The van der Waals surface area contributed by atoms with E-state index in [2.05, 4.69) is 56.0 Å². The molecule has 0 fully saturated rings. The number of unbranched alkanes of at least 4 members (excludes halogenated alkanes) is 2. The normalized spacial score (nSPS) is 9.76. The largest absolute Gasteiger partial charge is 0.117 e. The van der Waals surface area contributed by atoms with Crippen LogP contribution in [0, 0.1) is 0 Å². The molecule has 92 valence electrons. The average Bonchev–Trinajstić information content (AvgIpc) is 2.38. The lowest BCUT2D eigenvalue weighted by molar-refractivity contribution is 0.898. The molecule has 0 aliphatic rings. The van der Waals surface area contributed by atoms with Crippen molar-refractivity contribution in [3.05, 3.63) is 47.7 Å². The van der Waals surface area contributed by atoms with Crippen molar-refractivity contribution >= 4 is 16.7 Å². The van der Waals surface area contributed by atoms with Crippen molar-refractivity contribution in [3.63, 3.8) is 0 Å². The number of hydrogen-bond acceptors (Lipinski definition) is 1. The maximum Gasteiger partial charge on any atom is 0.0561 e. The third kappa shape index (κ3) is 5.81. The predicted molar refractivity (Wildman–Crippen MR) is 80.2 cm³/mol. The molecule has 0 spiro atoms. The van der Waals surface area contributed by atoms with Crippen molar-refractivity contribution in [3.8, 4) is 0 Å². The Morgan fingerprint density at radius 2 is 1.94 bits per heavy atom. The number of benzene rings is 1. The topological polar surface area (TPSA) is 0 Å². The van der Waals surface area contributed by atoms with E-state index >= 15 is 0 Å². The smallest absolute Gasteiger partial charge is 0.0561 e. The van der Waals surface area contributed by atoms with E-state index in [-0.39, 0.29) is 0 Å². The quantitative estimate of drug-likeness (QED) is 0.451. The molecule has 0 aliphatic carbocycles. The zero-order valence-electron chi connectivity index (χ0n) is 10.9. The van der Waals surface area contributed by atoms with E-state index in [0.717, 1.165) is 6.42 Å². The molecule has 0 aliphatic heterocycles. The van der Waals surface area contributed by atoms with Crippen LogP contribution in [-0.4, -0.2) is 5.75 Å². The van der Waals surface area contributed by atoms with Crippen molar-refractivity contribution in [1.82, 2.24) is 0 Å². The van der Waals surface area contributed by atoms with Gasteiger partial charge < -0.3 is 0 Å². The van der Waals surface area contributed by atoms with Gasteiger partial charge in [0.2, 0.25) is 0 Å². The highest BCUT2D eigenvalue weighted by atomic mass is 32.2. The summed E-state index contributed by atoms with van der Waals surface area (Å²) in [5, 5.41) is 0. The minimum Gasteiger partial charge on any atom is -0.117 e. The predicted octanol–water partition coefficient (Wildman–Crippen LogP) is 5.52. The first kappa shape index (κ1) is 14.2. The second-order valence-electron chi connectivity index (χ2n) is 4.03. The van der Waals surface area contributed by atoms with Crippen LogP contribution < -0.4 is 0 Å². The third-order valence-electron chi connectivity index (χ3n) is 2.45. The molecule has 0 aromatic heterocycles. The van der Waals surface area contributed by atoms with Crippen LogP contribution in [0.3, 0.4) is 0 Å². The average molecular weight is 246 g/mol. The molecule has 0 heterocycles. The van der Waals surface area contributed by atoms with Gasteiger partial charge in [0.05, 0.1) is 4.91 Å². The van der Waals surface area contributed by atoms with Gasteiger partial charge in [-0.1, -0.05) is 57.0 Å². The molecule has 1 aromatic carbocycles. The van der Waals surface area contributed by atoms with Crippen LogP contribution >= 0.6 is 11.8 Å². The molecule has 1 rings (SSSR count). The highest BCUT2D eigenvalue weighted by molar-refractivity contribution is 8.08. The zero-order valence-corrected chi connectivity index (χ0v) is 11.7. The summed E-state index contributed by atoms with van der Waals surface area (Å²) >= 11 is 1.92. The molecule has 0 unspecified atom stereocenters. The standard InChI is InChI=1S/C16H22S/c1-3-5-8-13-16(17-14-6-4-2)15-11-9-7-10-12-15/h7-12H,3-6,14H2,1-2H3. The first-order chi connectivity index (χ1) is 8.38. The Morgan fingerprint density at radius 1 is 1.18 bits per heavy atom. The van der Waals surface area contributed by atoms with Crippen molar-refractivity contribution in [1.29, 1.82) is 0 Å². The van der Waals surface area contributed by atoms with Crippen molar-refractivity contribution in [2.24, 2.45) is 0 Å². The SMILES string of the molecule is CCCC=C=C(SCCCC)c1ccccc1. The van der Waals surface area contributed by atoms with Crippen LogP contribution in [0.1, 0.15) is 45.1 Å². The molecular weight excluding hydrogens is 224 g/mol. The Bertz CT molecular complexity index is 358. The Labute approximate surface area is 110 Å². The van der Waals surface area contributed by atoms with Gasteiger partial charge in [0.25, 0.3) is 0 Å². The number of hydrogen-bond donors (Lipinski definition) is 0. The second kappa shape index (κ2) is 9.15. The number of allylic oxidation sites excluding steroid dienone is 1. The highest BCUT2D eigenvalue weighted by Crippen LogP contribution is 2.27. The lowest BCUT2D eigenvalue weighted by Gasteiger charge is -2.04. The first-order valence-electron chi connectivity index (χ1n) is 6.51. The molecule has 0 N–H and O–H groups in total. The third-order valence-corrected chi connectivity index (χ3v) is 3.58. The van der Waals surface area contributed by atoms with Crippen LogP contribution in [0.4, 0.5) is 0 Å². The Hall–Kier alpha value is -0.910. The minimum absolute atomic E-state index is 1.12. The van der Waals surface area contributed by atoms with Gasteiger partial charge in [0.15, 0.2) is 0 Å². The van der Waals surface area contributed by atoms with Gasteiger partial charge in [-0.25, -0.2) is 0 Å². The summed E-state index contributed by atoms with van der Waals surface area (Å²) in [6, 6.07) is 10.6. The molecule has 0 nitrogen and oxygen atoms in total. The second-order valence-corrected chi connectivity index (χ2v) is 5.14. The summed E-state index contributed by atoms with van der Waals surface area (Å²) in [6.07, 6.45) is 7.00. The summed E-state index contributed by atoms with van der Waals surface area (Å²) in [6.45, 7) is 4.43. The lowest BCUT2D eigenvalue weighted by atomic mass is 10.2. The molecule has 0 amide bonds. The van der Waals surface area contributed by atoms with E-state index in [1.807, 2.05) is 11.8 Å². The molecular formula is C16H22S. The Morgan fingerprint density at radius 3 is 2.59 bits per heavy atom. The highest BCUT2D eigenvalue weighted by Gasteiger charge is 2.00. The Kier molecular flexibility index (Phi) is 7.62. The summed E-state index contributed by atoms with van der Waals surface area (Å²) in [5.74, 6) is 1.19. The molecule has 0 saturated heterocycles. The van der Waals surface area contributed by atoms with Gasteiger partial charge in [-0.2, -0.15) is 0 Å². The maximum absolute atomic E-state index is 3.45. The lowest BCUT2D eigenvalue weighted by Crippen LogP contribution is -1.82. The van der Waals surface area contributed by atoms with Crippen LogP contribution in [0.2, 0.25) is 0 Å². The van der Waals surface area contributed by atoms with E-state index in [1.54, 1.807) is 0 Å². The van der Waals surface area contributed by atoms with E-state index in [0.29, 0.717) is 0 Å².